The highest BCUT2D eigenvalue weighted by atomic mass is 32.1. The molecule has 174 valence electrons. The van der Waals surface area contributed by atoms with E-state index in [1.807, 2.05) is 23.6 Å². The number of rotatable bonds is 7. The van der Waals surface area contributed by atoms with E-state index >= 15 is 0 Å². The number of anilines is 2. The third-order valence-electron chi connectivity index (χ3n) is 7.09. The Hall–Kier alpha value is -2.67. The molecule has 0 saturated heterocycles. The van der Waals surface area contributed by atoms with Crippen LogP contribution in [-0.4, -0.2) is 27.8 Å². The summed E-state index contributed by atoms with van der Waals surface area (Å²) in [4.78, 5) is 18.2. The van der Waals surface area contributed by atoms with Crippen LogP contribution in [0.2, 0.25) is 0 Å². The highest BCUT2D eigenvalue weighted by molar-refractivity contribution is 7.13. The monoisotopic (exact) mass is 464 g/mol. The molecule has 3 aromatic rings. The van der Waals surface area contributed by atoms with Crippen LogP contribution in [0.25, 0.3) is 10.4 Å². The van der Waals surface area contributed by atoms with Crippen LogP contribution < -0.4 is 5.32 Å². The smallest absolute Gasteiger partial charge is 0.341 e. The summed E-state index contributed by atoms with van der Waals surface area (Å²) in [5.41, 5.74) is 3.22. The second-order valence-corrected chi connectivity index (χ2v) is 11.0. The van der Waals surface area contributed by atoms with Gasteiger partial charge in [0, 0.05) is 28.4 Å². The number of esters is 1. The Balaban J connectivity index is 1.43. The lowest BCUT2D eigenvalue weighted by molar-refractivity contribution is 0.0601. The predicted molar refractivity (Wildman–Crippen MR) is 132 cm³/mol. The van der Waals surface area contributed by atoms with Gasteiger partial charge >= 0.3 is 5.97 Å². The largest absolute Gasteiger partial charge is 0.465 e. The van der Waals surface area contributed by atoms with E-state index in [1.54, 1.807) is 17.5 Å². The van der Waals surface area contributed by atoms with Gasteiger partial charge in [-0.3, -0.25) is 4.68 Å². The molecule has 0 aliphatic heterocycles. The van der Waals surface area contributed by atoms with Gasteiger partial charge in [-0.15, -0.1) is 11.3 Å². The number of hydrogen-bond donors (Lipinski definition) is 1. The van der Waals surface area contributed by atoms with Crippen molar-refractivity contribution in [2.45, 2.75) is 64.8 Å². The van der Waals surface area contributed by atoms with Gasteiger partial charge in [0.2, 0.25) is 0 Å². The van der Waals surface area contributed by atoms with Crippen molar-refractivity contribution in [1.82, 2.24) is 14.8 Å². The van der Waals surface area contributed by atoms with Gasteiger partial charge in [-0.1, -0.05) is 19.9 Å². The fourth-order valence-corrected chi connectivity index (χ4v) is 5.75. The lowest BCUT2D eigenvalue weighted by atomic mass is 9.83. The molecular weight excluding hydrogens is 432 g/mol. The number of carbonyl (C=O) groups is 1. The van der Waals surface area contributed by atoms with E-state index in [1.165, 1.54) is 51.3 Å². The molecule has 2 saturated carbocycles. The minimum absolute atomic E-state index is 0.410. The summed E-state index contributed by atoms with van der Waals surface area (Å²) in [6.45, 7) is 4.48. The maximum Gasteiger partial charge on any atom is 0.341 e. The van der Waals surface area contributed by atoms with E-state index in [9.17, 15) is 4.79 Å². The molecule has 1 spiro atoms. The quantitative estimate of drug-likeness (QED) is 0.397. The molecule has 6 nitrogen and oxygen atoms in total. The Morgan fingerprint density at radius 1 is 1.27 bits per heavy atom. The van der Waals surface area contributed by atoms with Crippen molar-refractivity contribution in [3.8, 4) is 10.4 Å². The van der Waals surface area contributed by atoms with Crippen molar-refractivity contribution in [3.63, 3.8) is 0 Å². The average Bonchev–Trinajstić information content (AvgIpc) is 3.19. The van der Waals surface area contributed by atoms with Crippen molar-refractivity contribution in [2.75, 3.05) is 12.4 Å². The van der Waals surface area contributed by atoms with Gasteiger partial charge in [-0.05, 0) is 73.8 Å². The molecule has 0 amide bonds. The Bertz CT molecular complexity index is 1120. The number of ether oxygens (including phenoxy) is 1. The molecule has 3 aromatic heterocycles. The first-order valence-corrected chi connectivity index (χ1v) is 12.8. The van der Waals surface area contributed by atoms with Gasteiger partial charge < -0.3 is 10.1 Å². The van der Waals surface area contributed by atoms with Crippen LogP contribution in [0, 0.1) is 11.3 Å². The van der Waals surface area contributed by atoms with Gasteiger partial charge in [0.25, 0.3) is 0 Å². The molecular formula is C26H32N4O2S. The van der Waals surface area contributed by atoms with E-state index in [0.29, 0.717) is 28.8 Å². The van der Waals surface area contributed by atoms with Gasteiger partial charge in [0.05, 0.1) is 13.2 Å². The van der Waals surface area contributed by atoms with Crippen LogP contribution in [0.4, 0.5) is 11.6 Å². The molecule has 5 rings (SSSR count). The zero-order valence-corrected chi connectivity index (χ0v) is 20.5. The third-order valence-corrected chi connectivity index (χ3v) is 8.01. The van der Waals surface area contributed by atoms with Crippen molar-refractivity contribution in [2.24, 2.45) is 11.3 Å². The first kappa shape index (κ1) is 22.1. The van der Waals surface area contributed by atoms with Crippen molar-refractivity contribution in [1.29, 1.82) is 0 Å². The fourth-order valence-electron chi connectivity index (χ4n) is 5.05. The maximum absolute atomic E-state index is 12.6. The summed E-state index contributed by atoms with van der Waals surface area (Å²) in [5, 5.41) is 10.3. The Labute approximate surface area is 199 Å². The molecule has 0 unspecified atom stereocenters. The van der Waals surface area contributed by atoms with Gasteiger partial charge in [-0.25, -0.2) is 9.78 Å². The molecule has 0 bridgehead atoms. The van der Waals surface area contributed by atoms with Crippen molar-refractivity contribution < 1.29 is 9.53 Å². The number of nitrogens with one attached hydrogen (secondary N) is 1. The Kier molecular flexibility index (Phi) is 5.99. The van der Waals surface area contributed by atoms with Gasteiger partial charge in [-0.2, -0.15) is 5.10 Å². The third kappa shape index (κ3) is 4.69. The predicted octanol–water partition coefficient (Wildman–Crippen LogP) is 6.63. The lowest BCUT2D eigenvalue weighted by Crippen LogP contribution is -2.22. The topological polar surface area (TPSA) is 69.0 Å². The van der Waals surface area contributed by atoms with Crippen LogP contribution in [0.1, 0.15) is 74.5 Å². The number of pyridine rings is 1. The SMILES string of the molecule is COC(=O)c1cc(-c2cccs2)cnc1Nc1cc(CC(C)C)n(C2CCC3(CC2)CC3)n1. The van der Waals surface area contributed by atoms with Crippen LogP contribution in [0.5, 0.6) is 0 Å². The molecule has 0 aromatic carbocycles. The lowest BCUT2D eigenvalue weighted by Gasteiger charge is -2.30. The maximum atomic E-state index is 12.6. The molecule has 2 fully saturated rings. The number of hydrogen-bond acceptors (Lipinski definition) is 6. The molecule has 7 heteroatoms. The second kappa shape index (κ2) is 8.93. The van der Waals surface area contributed by atoms with Crippen LogP contribution >= 0.6 is 11.3 Å². The van der Waals surface area contributed by atoms with E-state index in [-0.39, 0.29) is 0 Å². The Morgan fingerprint density at radius 2 is 2.06 bits per heavy atom. The van der Waals surface area contributed by atoms with Crippen molar-refractivity contribution >= 4 is 28.9 Å². The summed E-state index contributed by atoms with van der Waals surface area (Å²) < 4.78 is 7.29. The van der Waals surface area contributed by atoms with E-state index in [2.05, 4.69) is 34.9 Å². The summed E-state index contributed by atoms with van der Waals surface area (Å²) >= 11 is 1.62. The first-order chi connectivity index (χ1) is 16.0. The highest BCUT2D eigenvalue weighted by Crippen LogP contribution is 2.57. The van der Waals surface area contributed by atoms with Crippen molar-refractivity contribution in [3.05, 3.63) is 47.1 Å². The minimum atomic E-state index is -0.410. The number of thiophene rings is 1. The average molecular weight is 465 g/mol. The fraction of sp³-hybridized carbons (Fsp3) is 0.500. The highest BCUT2D eigenvalue weighted by Gasteiger charge is 2.45. The standard InChI is InChI=1S/C26H32N4O2S/c1-17(2)13-20-15-23(29-30(20)19-6-8-26(9-7-19)10-11-26)28-24-21(25(31)32-3)14-18(16-27-24)22-5-4-12-33-22/h4-5,12,14-17,19H,6-11,13H2,1-3H3,(H,27,28,29). The number of methoxy groups -OCH3 is 1. The molecule has 2 aliphatic rings. The summed E-state index contributed by atoms with van der Waals surface area (Å²) in [7, 11) is 1.40. The summed E-state index contributed by atoms with van der Waals surface area (Å²) in [6, 6.07) is 8.43. The van der Waals surface area contributed by atoms with E-state index in [0.717, 1.165) is 22.7 Å². The number of carbonyl (C=O) groups excluding carboxylic acids is 1. The zero-order chi connectivity index (χ0) is 23.0. The van der Waals surface area contributed by atoms with Gasteiger partial charge in [0.1, 0.15) is 11.4 Å². The summed E-state index contributed by atoms with van der Waals surface area (Å²) in [5.74, 6) is 1.34. The molecule has 0 radical (unpaired) electrons. The second-order valence-electron chi connectivity index (χ2n) is 10.0. The van der Waals surface area contributed by atoms with Gasteiger partial charge in [0.15, 0.2) is 5.82 Å². The first-order valence-electron chi connectivity index (χ1n) is 11.9. The number of aromatic nitrogens is 3. The Morgan fingerprint density at radius 3 is 2.70 bits per heavy atom. The molecule has 1 N–H and O–H groups in total. The summed E-state index contributed by atoms with van der Waals surface area (Å²) in [6.07, 6.45) is 10.6. The molecule has 3 heterocycles. The minimum Gasteiger partial charge on any atom is -0.465 e. The van der Waals surface area contributed by atoms with E-state index in [4.69, 9.17) is 9.84 Å². The molecule has 0 atom stereocenters. The number of nitrogens with zero attached hydrogens (tertiary/aromatic N) is 3. The molecule has 2 aliphatic carbocycles. The van der Waals surface area contributed by atoms with Crippen LogP contribution in [-0.2, 0) is 11.2 Å². The van der Waals surface area contributed by atoms with Crippen LogP contribution in [0.15, 0.2) is 35.8 Å². The van der Waals surface area contributed by atoms with E-state index < -0.39 is 5.97 Å². The normalized spacial score (nSPS) is 17.5. The molecule has 33 heavy (non-hydrogen) atoms. The van der Waals surface area contributed by atoms with Crippen LogP contribution in [0.3, 0.4) is 0 Å². The zero-order valence-electron chi connectivity index (χ0n) is 19.6.